The number of nitrogens with one attached hydrogen (secondary N) is 1. The van der Waals surface area contributed by atoms with Gasteiger partial charge < -0.3 is 19.7 Å². The number of alkyl carbamates (subject to hydrolysis) is 1. The molecule has 134 valence electrons. The van der Waals surface area contributed by atoms with E-state index in [1.54, 1.807) is 0 Å². The van der Waals surface area contributed by atoms with E-state index in [1.807, 2.05) is 4.90 Å². The first kappa shape index (κ1) is 16.4. The lowest BCUT2D eigenvalue weighted by atomic mass is 9.68. The van der Waals surface area contributed by atoms with Gasteiger partial charge in [0, 0.05) is 24.9 Å². The standard InChI is InChI=1S/C17H18ClFN2O4/c18-13-3-12(19)1-2-14(13)24-8-10-6-21(7-10)15(22)11-4-17(5-11)9-25-16(23)20-17/h1-3,10-11H,4-9H2,(H,20,23)/t11-,17-. The Balaban J connectivity index is 1.20. The molecule has 0 atom stereocenters. The van der Waals surface area contributed by atoms with Crippen molar-refractivity contribution in [3.63, 3.8) is 0 Å². The van der Waals surface area contributed by atoms with Crippen LogP contribution in [0.5, 0.6) is 5.75 Å². The van der Waals surface area contributed by atoms with Crippen LogP contribution in [0.25, 0.3) is 0 Å². The zero-order valence-electron chi connectivity index (χ0n) is 13.5. The van der Waals surface area contributed by atoms with Crippen LogP contribution in [0.1, 0.15) is 12.8 Å². The van der Waals surface area contributed by atoms with E-state index in [1.165, 1.54) is 18.2 Å². The smallest absolute Gasteiger partial charge is 0.407 e. The highest BCUT2D eigenvalue weighted by Gasteiger charge is 2.54. The fraction of sp³-hybridized carbons (Fsp3) is 0.529. The van der Waals surface area contributed by atoms with E-state index in [0.717, 1.165) is 0 Å². The molecule has 1 aromatic rings. The molecular formula is C17H18ClFN2O4. The van der Waals surface area contributed by atoms with Crippen LogP contribution in [-0.4, -0.2) is 48.7 Å². The van der Waals surface area contributed by atoms with Crippen LogP contribution in [0, 0.1) is 17.7 Å². The van der Waals surface area contributed by atoms with Gasteiger partial charge in [0.05, 0.1) is 17.2 Å². The summed E-state index contributed by atoms with van der Waals surface area (Å²) >= 11 is 5.92. The number of amides is 2. The van der Waals surface area contributed by atoms with Gasteiger partial charge >= 0.3 is 6.09 Å². The van der Waals surface area contributed by atoms with E-state index in [9.17, 15) is 14.0 Å². The number of hydrogen-bond acceptors (Lipinski definition) is 4. The molecule has 3 aliphatic rings. The summed E-state index contributed by atoms with van der Waals surface area (Å²) in [7, 11) is 0. The largest absolute Gasteiger partial charge is 0.492 e. The van der Waals surface area contributed by atoms with Gasteiger partial charge in [-0.15, -0.1) is 0 Å². The van der Waals surface area contributed by atoms with Crippen LogP contribution in [0.2, 0.25) is 5.02 Å². The molecule has 2 saturated heterocycles. The average Bonchev–Trinajstić information content (AvgIpc) is 2.88. The lowest BCUT2D eigenvalue weighted by Crippen LogP contribution is -2.61. The van der Waals surface area contributed by atoms with E-state index in [0.29, 0.717) is 44.9 Å². The average molecular weight is 369 g/mol. The predicted molar refractivity (Wildman–Crippen MR) is 86.9 cm³/mol. The van der Waals surface area contributed by atoms with Crippen molar-refractivity contribution in [3.05, 3.63) is 29.0 Å². The number of hydrogen-bond donors (Lipinski definition) is 1. The number of rotatable bonds is 4. The van der Waals surface area contributed by atoms with Crippen molar-refractivity contribution in [1.82, 2.24) is 10.2 Å². The molecule has 1 saturated carbocycles. The molecule has 3 fully saturated rings. The first-order chi connectivity index (χ1) is 11.9. The molecule has 2 heterocycles. The first-order valence-corrected chi connectivity index (χ1v) is 8.63. The number of cyclic esters (lactones) is 1. The number of halogens is 2. The fourth-order valence-electron chi connectivity index (χ4n) is 3.68. The van der Waals surface area contributed by atoms with Crippen LogP contribution < -0.4 is 10.1 Å². The highest BCUT2D eigenvalue weighted by Crippen LogP contribution is 2.42. The third kappa shape index (κ3) is 3.13. The Labute approximate surface area is 149 Å². The molecule has 4 rings (SSSR count). The maximum atomic E-state index is 13.0. The summed E-state index contributed by atoms with van der Waals surface area (Å²) in [4.78, 5) is 25.4. The third-order valence-corrected chi connectivity index (χ3v) is 5.40. The van der Waals surface area contributed by atoms with Crippen LogP contribution in [0.3, 0.4) is 0 Å². The number of carbonyl (C=O) groups is 2. The van der Waals surface area contributed by atoms with Crippen molar-refractivity contribution in [2.45, 2.75) is 18.4 Å². The molecule has 0 bridgehead atoms. The highest BCUT2D eigenvalue weighted by atomic mass is 35.5. The van der Waals surface area contributed by atoms with E-state index in [2.05, 4.69) is 5.32 Å². The minimum absolute atomic E-state index is 0.0459. The second-order valence-electron chi connectivity index (χ2n) is 7.08. The third-order valence-electron chi connectivity index (χ3n) is 5.11. The summed E-state index contributed by atoms with van der Waals surface area (Å²) < 4.78 is 23.5. The van der Waals surface area contributed by atoms with Crippen molar-refractivity contribution in [3.8, 4) is 5.75 Å². The fourth-order valence-corrected chi connectivity index (χ4v) is 3.91. The van der Waals surface area contributed by atoms with Gasteiger partial charge in [-0.2, -0.15) is 0 Å². The van der Waals surface area contributed by atoms with Crippen molar-refractivity contribution in [1.29, 1.82) is 0 Å². The van der Waals surface area contributed by atoms with Gasteiger partial charge in [-0.05, 0) is 31.0 Å². The topological polar surface area (TPSA) is 67.9 Å². The molecule has 25 heavy (non-hydrogen) atoms. The first-order valence-electron chi connectivity index (χ1n) is 8.26. The Bertz CT molecular complexity index is 717. The Morgan fingerprint density at radius 2 is 2.20 bits per heavy atom. The summed E-state index contributed by atoms with van der Waals surface area (Å²) in [6, 6.07) is 4.02. The monoisotopic (exact) mass is 368 g/mol. The summed E-state index contributed by atoms with van der Waals surface area (Å²) in [6.07, 6.45) is 0.882. The highest BCUT2D eigenvalue weighted by molar-refractivity contribution is 6.32. The van der Waals surface area contributed by atoms with Crippen molar-refractivity contribution in [2.75, 3.05) is 26.3 Å². The van der Waals surface area contributed by atoms with Gasteiger partial charge in [-0.1, -0.05) is 11.6 Å². The second kappa shape index (κ2) is 6.05. The number of ether oxygens (including phenoxy) is 2. The summed E-state index contributed by atoms with van der Waals surface area (Å²) in [5, 5.41) is 3.04. The van der Waals surface area contributed by atoms with E-state index in [4.69, 9.17) is 21.1 Å². The zero-order valence-corrected chi connectivity index (χ0v) is 14.2. The Morgan fingerprint density at radius 1 is 1.44 bits per heavy atom. The van der Waals surface area contributed by atoms with Crippen molar-refractivity contribution in [2.24, 2.45) is 11.8 Å². The lowest BCUT2D eigenvalue weighted by molar-refractivity contribution is -0.148. The van der Waals surface area contributed by atoms with Gasteiger partial charge in [0.2, 0.25) is 5.91 Å². The summed E-state index contributed by atoms with van der Waals surface area (Å²) in [5.41, 5.74) is -0.329. The number of benzene rings is 1. The predicted octanol–water partition coefficient (Wildman–Crippen LogP) is 2.20. The molecule has 0 unspecified atom stereocenters. The van der Waals surface area contributed by atoms with E-state index in [-0.39, 0.29) is 28.3 Å². The SMILES string of the molecule is O=C1N[C@]2(CO1)C[C@@H](C(=O)N1CC(COc3ccc(F)cc3Cl)C1)C2. The van der Waals surface area contributed by atoms with Gasteiger partial charge in [0.15, 0.2) is 0 Å². The van der Waals surface area contributed by atoms with E-state index < -0.39 is 11.9 Å². The van der Waals surface area contributed by atoms with Gasteiger partial charge in [0.25, 0.3) is 0 Å². The molecule has 1 spiro atoms. The summed E-state index contributed by atoms with van der Waals surface area (Å²) in [5.74, 6) is 0.373. The Hall–Kier alpha value is -2.02. The minimum Gasteiger partial charge on any atom is -0.492 e. The normalized spacial score (nSPS) is 28.2. The zero-order chi connectivity index (χ0) is 17.6. The number of nitrogens with zero attached hydrogens (tertiary/aromatic N) is 1. The lowest BCUT2D eigenvalue weighted by Gasteiger charge is -2.47. The quantitative estimate of drug-likeness (QED) is 0.884. The Morgan fingerprint density at radius 3 is 2.84 bits per heavy atom. The number of likely N-dealkylation sites (tertiary alicyclic amines) is 1. The molecule has 1 aliphatic carbocycles. The van der Waals surface area contributed by atoms with Crippen LogP contribution in [-0.2, 0) is 9.53 Å². The van der Waals surface area contributed by atoms with Gasteiger partial charge in [-0.3, -0.25) is 4.79 Å². The van der Waals surface area contributed by atoms with Gasteiger partial charge in [0.1, 0.15) is 18.2 Å². The van der Waals surface area contributed by atoms with Crippen LogP contribution in [0.4, 0.5) is 9.18 Å². The van der Waals surface area contributed by atoms with E-state index >= 15 is 0 Å². The molecule has 2 amide bonds. The molecule has 1 N–H and O–H groups in total. The maximum Gasteiger partial charge on any atom is 0.407 e. The molecule has 0 aromatic heterocycles. The van der Waals surface area contributed by atoms with Crippen molar-refractivity contribution >= 4 is 23.6 Å². The van der Waals surface area contributed by atoms with Gasteiger partial charge in [-0.25, -0.2) is 9.18 Å². The molecule has 8 heteroatoms. The molecule has 1 aromatic carbocycles. The Kier molecular flexibility index (Phi) is 3.98. The second-order valence-corrected chi connectivity index (χ2v) is 7.49. The molecule has 2 aliphatic heterocycles. The summed E-state index contributed by atoms with van der Waals surface area (Å²) in [6.45, 7) is 2.08. The molecular weight excluding hydrogens is 351 g/mol. The molecule has 0 radical (unpaired) electrons. The van der Waals surface area contributed by atoms with Crippen molar-refractivity contribution < 1.29 is 23.5 Å². The van der Waals surface area contributed by atoms with Crippen LogP contribution in [0.15, 0.2) is 18.2 Å². The minimum atomic E-state index is -0.403. The number of carbonyl (C=O) groups excluding carboxylic acids is 2. The van der Waals surface area contributed by atoms with Crippen LogP contribution >= 0.6 is 11.6 Å². The maximum absolute atomic E-state index is 13.0. The molecule has 6 nitrogen and oxygen atoms in total.